The molecule has 1 aromatic carbocycles. The third-order valence-electron chi connectivity index (χ3n) is 2.21. The minimum atomic E-state index is 0.503. The van der Waals surface area contributed by atoms with Gasteiger partial charge in [0.15, 0.2) is 0 Å². The molecule has 0 atom stereocenters. The lowest BCUT2D eigenvalue weighted by molar-refractivity contribution is 0.101. The summed E-state index contributed by atoms with van der Waals surface area (Å²) in [4.78, 5) is 0. The molecule has 0 amide bonds. The largest absolute Gasteiger partial charge is 0.496 e. The molecule has 16 heavy (non-hydrogen) atoms. The maximum absolute atomic E-state index is 5.45. The van der Waals surface area contributed by atoms with Gasteiger partial charge in [-0.3, -0.25) is 0 Å². The normalized spacial score (nSPS) is 10.1. The van der Waals surface area contributed by atoms with Crippen LogP contribution in [0.25, 0.3) is 0 Å². The first-order chi connectivity index (χ1) is 7.83. The van der Waals surface area contributed by atoms with E-state index in [0.29, 0.717) is 19.0 Å². The van der Waals surface area contributed by atoms with E-state index in [1.807, 2.05) is 13.0 Å². The number of hydrogen-bond acceptors (Lipinski definition) is 2. The van der Waals surface area contributed by atoms with Crippen LogP contribution in [0.1, 0.15) is 18.9 Å². The first-order valence-corrected chi connectivity index (χ1v) is 5.75. The number of aryl methyl sites for hydroxylation is 1. The van der Waals surface area contributed by atoms with E-state index in [-0.39, 0.29) is 0 Å². The lowest BCUT2D eigenvalue weighted by Gasteiger charge is -2.07. The molecule has 0 bridgehead atoms. The average Bonchev–Trinajstić information content (AvgIpc) is 2.30. The van der Waals surface area contributed by atoms with E-state index < -0.39 is 0 Å². The van der Waals surface area contributed by atoms with Crippen molar-refractivity contribution >= 4 is 0 Å². The molecule has 0 aliphatic carbocycles. The Balaban J connectivity index is 2.02. The van der Waals surface area contributed by atoms with Crippen molar-refractivity contribution in [1.82, 2.24) is 0 Å². The highest BCUT2D eigenvalue weighted by atomic mass is 16.5. The van der Waals surface area contributed by atoms with Gasteiger partial charge >= 0.3 is 0 Å². The Kier molecular flexibility index (Phi) is 6.35. The summed E-state index contributed by atoms with van der Waals surface area (Å²) in [6.07, 6.45) is 2.09. The fraction of sp³-hybridized carbons (Fsp3) is 0.429. The van der Waals surface area contributed by atoms with Gasteiger partial charge in [-0.25, -0.2) is 0 Å². The van der Waals surface area contributed by atoms with Crippen LogP contribution in [-0.4, -0.2) is 19.8 Å². The Morgan fingerprint density at radius 1 is 1.25 bits per heavy atom. The zero-order valence-corrected chi connectivity index (χ0v) is 9.95. The fourth-order valence-corrected chi connectivity index (χ4v) is 1.45. The van der Waals surface area contributed by atoms with Crippen molar-refractivity contribution in [1.29, 1.82) is 0 Å². The van der Waals surface area contributed by atoms with Crippen LogP contribution in [0.5, 0.6) is 0 Å². The molecule has 0 spiro atoms. The molecule has 0 heterocycles. The topological polar surface area (TPSA) is 18.5 Å². The van der Waals surface area contributed by atoms with Gasteiger partial charge in [0.05, 0.1) is 6.61 Å². The van der Waals surface area contributed by atoms with E-state index >= 15 is 0 Å². The third kappa shape index (κ3) is 5.56. The second kappa shape index (κ2) is 7.94. The van der Waals surface area contributed by atoms with Gasteiger partial charge in [0.1, 0.15) is 12.4 Å². The third-order valence-corrected chi connectivity index (χ3v) is 2.21. The predicted molar refractivity (Wildman–Crippen MR) is 66.3 cm³/mol. The standard InChI is InChI=1S/C14H20O2/c1-3-16-13(2)12-15-11-7-10-14-8-5-4-6-9-14/h4-6,8-9H,2-3,7,10-12H2,1H3. The molecule has 0 unspecified atom stereocenters. The number of rotatable bonds is 8. The number of hydrogen-bond donors (Lipinski definition) is 0. The molecule has 0 aliphatic heterocycles. The molecule has 0 saturated carbocycles. The summed E-state index contributed by atoms with van der Waals surface area (Å²) in [7, 11) is 0. The molecule has 88 valence electrons. The van der Waals surface area contributed by atoms with Gasteiger partial charge in [-0.15, -0.1) is 0 Å². The summed E-state index contributed by atoms with van der Waals surface area (Å²) in [5, 5.41) is 0. The highest BCUT2D eigenvalue weighted by Crippen LogP contribution is 2.03. The molecular weight excluding hydrogens is 200 g/mol. The van der Waals surface area contributed by atoms with Gasteiger partial charge in [-0.1, -0.05) is 36.9 Å². The van der Waals surface area contributed by atoms with Gasteiger partial charge in [0, 0.05) is 6.61 Å². The summed E-state index contributed by atoms with van der Waals surface area (Å²) < 4.78 is 10.6. The zero-order valence-electron chi connectivity index (χ0n) is 9.95. The van der Waals surface area contributed by atoms with E-state index in [4.69, 9.17) is 9.47 Å². The highest BCUT2D eigenvalue weighted by molar-refractivity contribution is 5.14. The summed E-state index contributed by atoms with van der Waals surface area (Å²) >= 11 is 0. The predicted octanol–water partition coefficient (Wildman–Crippen LogP) is 3.19. The summed E-state index contributed by atoms with van der Waals surface area (Å²) in [5.41, 5.74) is 1.36. The zero-order chi connectivity index (χ0) is 11.6. The van der Waals surface area contributed by atoms with Crippen molar-refractivity contribution in [2.45, 2.75) is 19.8 Å². The smallest absolute Gasteiger partial charge is 0.114 e. The molecule has 0 radical (unpaired) electrons. The SMILES string of the molecule is C=C(COCCCc1ccccc1)OCC. The van der Waals surface area contributed by atoms with Crippen LogP contribution in [0.3, 0.4) is 0 Å². The molecule has 1 rings (SSSR count). The van der Waals surface area contributed by atoms with Gasteiger partial charge in [-0.2, -0.15) is 0 Å². The van der Waals surface area contributed by atoms with Crippen LogP contribution in [-0.2, 0) is 15.9 Å². The summed E-state index contributed by atoms with van der Waals surface area (Å²) in [6.45, 7) is 7.61. The van der Waals surface area contributed by atoms with Crippen molar-refractivity contribution in [2.24, 2.45) is 0 Å². The Labute approximate surface area is 97.9 Å². The van der Waals surface area contributed by atoms with Gasteiger partial charge in [-0.05, 0) is 25.3 Å². The van der Waals surface area contributed by atoms with Crippen LogP contribution in [0.2, 0.25) is 0 Å². The molecule has 2 nitrogen and oxygen atoms in total. The molecule has 0 fully saturated rings. The molecule has 0 aromatic heterocycles. The lowest BCUT2D eigenvalue weighted by Crippen LogP contribution is -2.03. The van der Waals surface area contributed by atoms with Gasteiger partial charge in [0.25, 0.3) is 0 Å². The van der Waals surface area contributed by atoms with Crippen molar-refractivity contribution in [2.75, 3.05) is 19.8 Å². The van der Waals surface area contributed by atoms with E-state index in [9.17, 15) is 0 Å². The van der Waals surface area contributed by atoms with Crippen molar-refractivity contribution < 1.29 is 9.47 Å². The van der Waals surface area contributed by atoms with Gasteiger partial charge in [0.2, 0.25) is 0 Å². The van der Waals surface area contributed by atoms with Crippen LogP contribution < -0.4 is 0 Å². The Morgan fingerprint density at radius 3 is 2.69 bits per heavy atom. The Bertz CT molecular complexity index is 293. The van der Waals surface area contributed by atoms with E-state index in [0.717, 1.165) is 19.4 Å². The monoisotopic (exact) mass is 220 g/mol. The first kappa shape index (κ1) is 12.8. The lowest BCUT2D eigenvalue weighted by atomic mass is 10.1. The molecule has 2 heteroatoms. The fourth-order valence-electron chi connectivity index (χ4n) is 1.45. The highest BCUT2D eigenvalue weighted by Gasteiger charge is 1.95. The molecule has 1 aromatic rings. The second-order valence-corrected chi connectivity index (χ2v) is 3.61. The van der Waals surface area contributed by atoms with Crippen molar-refractivity contribution in [3.63, 3.8) is 0 Å². The molecule has 0 N–H and O–H groups in total. The van der Waals surface area contributed by atoms with Crippen LogP contribution >= 0.6 is 0 Å². The van der Waals surface area contributed by atoms with Crippen molar-refractivity contribution in [3.8, 4) is 0 Å². The quantitative estimate of drug-likeness (QED) is 0.495. The minimum absolute atomic E-state index is 0.503. The van der Waals surface area contributed by atoms with E-state index in [1.165, 1.54) is 5.56 Å². The summed E-state index contributed by atoms with van der Waals surface area (Å²) in [5.74, 6) is 0.710. The molecular formula is C14H20O2. The Morgan fingerprint density at radius 2 is 2.00 bits per heavy atom. The maximum Gasteiger partial charge on any atom is 0.114 e. The first-order valence-electron chi connectivity index (χ1n) is 5.75. The number of benzene rings is 1. The van der Waals surface area contributed by atoms with Crippen molar-refractivity contribution in [3.05, 3.63) is 48.2 Å². The van der Waals surface area contributed by atoms with Crippen LogP contribution in [0.15, 0.2) is 42.7 Å². The number of ether oxygens (including phenoxy) is 2. The van der Waals surface area contributed by atoms with Crippen LogP contribution in [0, 0.1) is 0 Å². The van der Waals surface area contributed by atoms with E-state index in [2.05, 4.69) is 30.8 Å². The van der Waals surface area contributed by atoms with Crippen LogP contribution in [0.4, 0.5) is 0 Å². The maximum atomic E-state index is 5.45. The Hall–Kier alpha value is -1.28. The molecule has 0 aliphatic rings. The second-order valence-electron chi connectivity index (χ2n) is 3.61. The van der Waals surface area contributed by atoms with Gasteiger partial charge < -0.3 is 9.47 Å². The van der Waals surface area contributed by atoms with E-state index in [1.54, 1.807) is 0 Å². The average molecular weight is 220 g/mol. The molecule has 0 saturated heterocycles. The minimum Gasteiger partial charge on any atom is -0.496 e. The summed E-state index contributed by atoms with van der Waals surface area (Å²) in [6, 6.07) is 10.4.